The molecule has 0 aliphatic rings. The molecule has 0 fully saturated rings. The maximum Gasteiger partial charge on any atom is 0.417 e. The van der Waals surface area contributed by atoms with E-state index in [1.807, 2.05) is 0 Å². The number of sulfonamides is 1. The molecule has 1 N–H and O–H groups in total. The minimum atomic E-state index is -4.66. The van der Waals surface area contributed by atoms with Crippen LogP contribution in [0.15, 0.2) is 38.3 Å². The second-order valence-corrected chi connectivity index (χ2v) is 8.64. The van der Waals surface area contributed by atoms with E-state index in [1.165, 1.54) is 12.1 Å². The number of anilines is 1. The van der Waals surface area contributed by atoms with Crippen LogP contribution in [-0.4, -0.2) is 8.42 Å². The van der Waals surface area contributed by atoms with Gasteiger partial charge in [-0.3, -0.25) is 4.72 Å². The minimum Gasteiger partial charge on any atom is -0.279 e. The summed E-state index contributed by atoms with van der Waals surface area (Å²) in [4.78, 5) is 0. The van der Waals surface area contributed by atoms with E-state index in [4.69, 9.17) is 11.6 Å². The summed E-state index contributed by atoms with van der Waals surface area (Å²) in [5.74, 6) is 0. The number of nitrogens with one attached hydrogen (secondary N) is 1. The second kappa shape index (κ2) is 5.79. The molecule has 2 rings (SSSR count). The average Bonchev–Trinajstić information content (AvgIpc) is 2.77. The van der Waals surface area contributed by atoms with Gasteiger partial charge in [0.25, 0.3) is 10.0 Å². The molecule has 0 amide bonds. The standard InChI is InChI=1S/C11H6BrClF3NO2S2/c12-9-3-4-10(20-9)21(18,19)17-6-1-2-8(13)7(5-6)11(14,15)16/h1-5,17H. The van der Waals surface area contributed by atoms with E-state index in [-0.39, 0.29) is 9.90 Å². The predicted molar refractivity (Wildman–Crippen MR) is 79.3 cm³/mol. The number of alkyl halides is 3. The highest BCUT2D eigenvalue weighted by molar-refractivity contribution is 9.11. The molecule has 3 nitrogen and oxygen atoms in total. The number of halogens is 5. The third kappa shape index (κ3) is 3.91. The Kier molecular flexibility index (Phi) is 4.57. The molecule has 2 aromatic rings. The van der Waals surface area contributed by atoms with Gasteiger partial charge < -0.3 is 0 Å². The van der Waals surface area contributed by atoms with Crippen LogP contribution in [0.1, 0.15) is 5.56 Å². The maximum absolute atomic E-state index is 12.7. The lowest BCUT2D eigenvalue weighted by molar-refractivity contribution is -0.137. The van der Waals surface area contributed by atoms with E-state index in [0.29, 0.717) is 9.85 Å². The normalized spacial score (nSPS) is 12.4. The molecule has 0 aliphatic carbocycles. The van der Waals surface area contributed by atoms with Crippen LogP contribution in [0.2, 0.25) is 5.02 Å². The first-order chi connectivity index (χ1) is 9.59. The smallest absolute Gasteiger partial charge is 0.279 e. The van der Waals surface area contributed by atoms with Gasteiger partial charge in [0, 0.05) is 5.69 Å². The summed E-state index contributed by atoms with van der Waals surface area (Å²) in [6.07, 6.45) is -4.66. The number of rotatable bonds is 3. The van der Waals surface area contributed by atoms with Crippen molar-refractivity contribution in [3.8, 4) is 0 Å². The van der Waals surface area contributed by atoms with Crippen molar-refractivity contribution in [2.75, 3.05) is 4.72 Å². The molecule has 1 aromatic heterocycles. The van der Waals surface area contributed by atoms with Crippen molar-refractivity contribution in [3.63, 3.8) is 0 Å². The van der Waals surface area contributed by atoms with E-state index in [2.05, 4.69) is 20.7 Å². The fourth-order valence-electron chi connectivity index (χ4n) is 1.45. The summed E-state index contributed by atoms with van der Waals surface area (Å²) < 4.78 is 64.9. The Morgan fingerprint density at radius 1 is 1.19 bits per heavy atom. The van der Waals surface area contributed by atoms with E-state index in [0.717, 1.165) is 23.5 Å². The molecule has 0 atom stereocenters. The lowest BCUT2D eigenvalue weighted by Gasteiger charge is -2.12. The monoisotopic (exact) mass is 419 g/mol. The van der Waals surface area contributed by atoms with E-state index in [1.54, 1.807) is 0 Å². The average molecular weight is 421 g/mol. The van der Waals surface area contributed by atoms with Crippen LogP contribution in [0.3, 0.4) is 0 Å². The van der Waals surface area contributed by atoms with Gasteiger partial charge in [-0.15, -0.1) is 11.3 Å². The molecule has 0 bridgehead atoms. The second-order valence-electron chi connectivity index (χ2n) is 3.86. The zero-order valence-corrected chi connectivity index (χ0v) is 13.9. The lowest BCUT2D eigenvalue weighted by Crippen LogP contribution is -2.13. The molecule has 0 aliphatic heterocycles. The highest BCUT2D eigenvalue weighted by Gasteiger charge is 2.33. The molecule has 21 heavy (non-hydrogen) atoms. The molecule has 0 unspecified atom stereocenters. The van der Waals surface area contributed by atoms with Crippen molar-refractivity contribution in [2.45, 2.75) is 10.4 Å². The van der Waals surface area contributed by atoms with Gasteiger partial charge in [-0.1, -0.05) is 11.6 Å². The quantitative estimate of drug-likeness (QED) is 0.761. The number of benzene rings is 1. The fraction of sp³-hybridized carbons (Fsp3) is 0.0909. The lowest BCUT2D eigenvalue weighted by atomic mass is 10.2. The number of hydrogen-bond donors (Lipinski definition) is 1. The highest BCUT2D eigenvalue weighted by Crippen LogP contribution is 2.37. The van der Waals surface area contributed by atoms with Crippen molar-refractivity contribution in [2.24, 2.45) is 0 Å². The SMILES string of the molecule is O=S(=O)(Nc1ccc(Cl)c(C(F)(F)F)c1)c1ccc(Br)s1. The molecular weight excluding hydrogens is 415 g/mol. The zero-order chi connectivity index (χ0) is 15.8. The number of hydrogen-bond acceptors (Lipinski definition) is 3. The minimum absolute atomic E-state index is 0.0158. The van der Waals surface area contributed by atoms with Gasteiger partial charge in [0.1, 0.15) is 4.21 Å². The summed E-state index contributed by atoms with van der Waals surface area (Å²) in [5, 5.41) is -0.496. The largest absolute Gasteiger partial charge is 0.417 e. The zero-order valence-electron chi connectivity index (χ0n) is 9.91. The summed E-state index contributed by atoms with van der Waals surface area (Å²) in [7, 11) is -3.94. The summed E-state index contributed by atoms with van der Waals surface area (Å²) in [5.41, 5.74) is -1.31. The highest BCUT2D eigenvalue weighted by atomic mass is 79.9. The van der Waals surface area contributed by atoms with Crippen molar-refractivity contribution < 1.29 is 21.6 Å². The van der Waals surface area contributed by atoms with Crippen molar-refractivity contribution >= 4 is 54.6 Å². The molecule has 10 heteroatoms. The Bertz CT molecular complexity index is 774. The van der Waals surface area contributed by atoms with Crippen LogP contribution in [0.4, 0.5) is 18.9 Å². The van der Waals surface area contributed by atoms with Crippen LogP contribution in [0.5, 0.6) is 0 Å². The Morgan fingerprint density at radius 2 is 1.86 bits per heavy atom. The van der Waals surface area contributed by atoms with Gasteiger partial charge in [0.15, 0.2) is 0 Å². The Labute approximate surface area is 135 Å². The first-order valence-electron chi connectivity index (χ1n) is 5.24. The third-order valence-electron chi connectivity index (χ3n) is 2.34. The predicted octanol–water partition coefficient (Wildman–Crippen LogP) is 4.98. The van der Waals surface area contributed by atoms with E-state index >= 15 is 0 Å². The molecule has 0 radical (unpaired) electrons. The Morgan fingerprint density at radius 3 is 2.38 bits per heavy atom. The molecule has 114 valence electrons. The van der Waals surface area contributed by atoms with Crippen molar-refractivity contribution in [1.29, 1.82) is 0 Å². The summed E-state index contributed by atoms with van der Waals surface area (Å²) in [6, 6.07) is 5.69. The van der Waals surface area contributed by atoms with Gasteiger partial charge in [0.05, 0.1) is 14.4 Å². The maximum atomic E-state index is 12.7. The van der Waals surface area contributed by atoms with Crippen LogP contribution in [-0.2, 0) is 16.2 Å². The molecule has 1 heterocycles. The molecule has 0 spiro atoms. The Hall–Kier alpha value is -0.770. The van der Waals surface area contributed by atoms with E-state index < -0.39 is 26.8 Å². The molecule has 1 aromatic carbocycles. The van der Waals surface area contributed by atoms with Gasteiger partial charge in [-0.2, -0.15) is 13.2 Å². The van der Waals surface area contributed by atoms with E-state index in [9.17, 15) is 21.6 Å². The molecule has 0 saturated carbocycles. The van der Waals surface area contributed by atoms with Crippen LogP contribution in [0.25, 0.3) is 0 Å². The molecule has 0 saturated heterocycles. The van der Waals surface area contributed by atoms with Crippen molar-refractivity contribution in [1.82, 2.24) is 0 Å². The van der Waals surface area contributed by atoms with Crippen LogP contribution in [0, 0.1) is 0 Å². The topological polar surface area (TPSA) is 46.2 Å². The number of thiophene rings is 1. The first-order valence-corrected chi connectivity index (χ1v) is 8.71. The Balaban J connectivity index is 2.36. The van der Waals surface area contributed by atoms with Crippen molar-refractivity contribution in [3.05, 3.63) is 44.7 Å². The van der Waals surface area contributed by atoms with Crippen LogP contribution < -0.4 is 4.72 Å². The third-order valence-corrected chi connectivity index (χ3v) is 6.16. The fourth-order valence-corrected chi connectivity index (χ4v) is 4.74. The summed E-state index contributed by atoms with van der Waals surface area (Å²) in [6.45, 7) is 0. The van der Waals surface area contributed by atoms with Gasteiger partial charge >= 0.3 is 6.18 Å². The summed E-state index contributed by atoms with van der Waals surface area (Å²) >= 11 is 9.53. The first kappa shape index (κ1) is 16.6. The van der Waals surface area contributed by atoms with Crippen LogP contribution >= 0.6 is 38.9 Å². The molecular formula is C11H6BrClF3NO2S2. The van der Waals surface area contributed by atoms with Gasteiger partial charge in [-0.05, 0) is 46.3 Å². The van der Waals surface area contributed by atoms with Gasteiger partial charge in [0.2, 0.25) is 0 Å². The van der Waals surface area contributed by atoms with Gasteiger partial charge in [-0.25, -0.2) is 8.42 Å².